The third-order valence-electron chi connectivity index (χ3n) is 6.02. The second kappa shape index (κ2) is 10.8. The van der Waals surface area contributed by atoms with Crippen molar-refractivity contribution in [1.82, 2.24) is 14.9 Å². The number of fused-ring (bicyclic) bond motifs is 1. The summed E-state index contributed by atoms with van der Waals surface area (Å²) in [6, 6.07) is 7.56. The molecule has 4 N–H and O–H groups in total. The minimum atomic E-state index is -5.29. The van der Waals surface area contributed by atoms with Crippen LogP contribution in [0.3, 0.4) is 0 Å². The van der Waals surface area contributed by atoms with E-state index in [-0.39, 0.29) is 34.1 Å². The van der Waals surface area contributed by atoms with Crippen LogP contribution in [0.2, 0.25) is 0 Å². The number of nitrogens with two attached hydrogens (primary N) is 1. The lowest BCUT2D eigenvalue weighted by molar-refractivity contribution is 0.100. The van der Waals surface area contributed by atoms with Gasteiger partial charge in [-0.25, -0.2) is 4.98 Å². The Hall–Kier alpha value is -3.74. The van der Waals surface area contributed by atoms with Gasteiger partial charge in [0.2, 0.25) is 5.95 Å². The molecule has 1 aliphatic rings. The van der Waals surface area contributed by atoms with Crippen LogP contribution in [0.25, 0.3) is 0 Å². The van der Waals surface area contributed by atoms with E-state index < -0.39 is 23.6 Å². The summed E-state index contributed by atoms with van der Waals surface area (Å²) >= 11 is 0. The number of nitrogens with one attached hydrogen (secondary N) is 2. The normalized spacial score (nSPS) is 13.9. The zero-order chi connectivity index (χ0) is 28.5. The molecule has 1 aliphatic heterocycles. The molecule has 0 saturated carbocycles. The summed E-state index contributed by atoms with van der Waals surface area (Å²) in [6.45, 7) is 4.57. The van der Waals surface area contributed by atoms with Gasteiger partial charge >= 0.3 is 10.5 Å². The molecule has 0 aliphatic carbocycles. The molecule has 39 heavy (non-hydrogen) atoms. The number of aromatic nitrogens is 2. The number of halogens is 1. The number of benzene rings is 2. The van der Waals surface area contributed by atoms with Gasteiger partial charge in [0.05, 0.1) is 18.5 Å². The maximum Gasteiger partial charge on any atom is 0.488 e. The molecule has 0 bridgehead atoms. The number of nitrogens with zero attached hydrogens (tertiary/aromatic N) is 3. The van der Waals surface area contributed by atoms with E-state index in [1.165, 1.54) is 31.2 Å². The molecule has 0 radical (unpaired) electrons. The van der Waals surface area contributed by atoms with Gasteiger partial charge in [-0.3, -0.25) is 4.79 Å². The summed E-state index contributed by atoms with van der Waals surface area (Å²) in [5, 5.41) is 6.18. The van der Waals surface area contributed by atoms with Crippen LogP contribution < -0.4 is 30.6 Å². The molecule has 2 aromatic carbocycles. The number of hydrogen-bond donors (Lipinski definition) is 3. The van der Waals surface area contributed by atoms with E-state index in [9.17, 15) is 21.7 Å². The van der Waals surface area contributed by atoms with Crippen LogP contribution >= 0.6 is 7.14 Å². The van der Waals surface area contributed by atoms with E-state index >= 15 is 0 Å². The predicted octanol–water partition coefficient (Wildman–Crippen LogP) is 2.90. The van der Waals surface area contributed by atoms with E-state index in [1.807, 2.05) is 19.2 Å². The predicted molar refractivity (Wildman–Crippen MR) is 146 cm³/mol. The highest BCUT2D eigenvalue weighted by Crippen LogP contribution is 2.40. The fourth-order valence-electron chi connectivity index (χ4n) is 4.19. The maximum atomic E-state index is 13.1. The Morgan fingerprint density at radius 1 is 1.15 bits per heavy atom. The Kier molecular flexibility index (Phi) is 7.82. The van der Waals surface area contributed by atoms with Gasteiger partial charge in [-0.2, -0.15) is 13.4 Å². The lowest BCUT2D eigenvalue weighted by Crippen LogP contribution is -2.26. The number of hydrogen-bond acceptors (Lipinski definition) is 11. The fraction of sp³-hybridized carbons (Fsp3) is 0.292. The first-order chi connectivity index (χ1) is 18.2. The van der Waals surface area contributed by atoms with E-state index in [2.05, 4.69) is 29.7 Å². The van der Waals surface area contributed by atoms with Gasteiger partial charge in [-0.1, -0.05) is 3.89 Å². The molecule has 1 aromatic heterocycles. The monoisotopic (exact) mass is 578 g/mol. The first kappa shape index (κ1) is 28.3. The van der Waals surface area contributed by atoms with Gasteiger partial charge in [0.15, 0.2) is 0 Å². The number of carbonyl (C=O) groups excluding carboxylic acids is 1. The summed E-state index contributed by atoms with van der Waals surface area (Å²) in [5.74, 6) is -0.481. The number of carbonyl (C=O) groups is 1. The Labute approximate surface area is 225 Å². The molecule has 12 nitrogen and oxygen atoms in total. The van der Waals surface area contributed by atoms with Gasteiger partial charge in [0.25, 0.3) is 5.91 Å². The summed E-state index contributed by atoms with van der Waals surface area (Å²) in [6.07, 6.45) is 2.13. The lowest BCUT2D eigenvalue weighted by atomic mass is 9.99. The molecule has 15 heteroatoms. The number of anilines is 4. The molecule has 3 aromatic rings. The molecular weight excluding hydrogens is 550 g/mol. The van der Waals surface area contributed by atoms with Gasteiger partial charge in [0, 0.05) is 24.6 Å². The van der Waals surface area contributed by atoms with Crippen LogP contribution in [0, 0.1) is 0 Å². The molecule has 0 fully saturated rings. The van der Waals surface area contributed by atoms with Crippen LogP contribution in [-0.4, -0.2) is 63.2 Å². The van der Waals surface area contributed by atoms with Crippen molar-refractivity contribution in [2.24, 2.45) is 5.73 Å². The Bertz CT molecular complexity index is 1600. The van der Waals surface area contributed by atoms with Gasteiger partial charge in [0.1, 0.15) is 30.0 Å². The summed E-state index contributed by atoms with van der Waals surface area (Å²) in [4.78, 5) is 23.0. The largest absolute Gasteiger partial charge is 0.495 e. The van der Waals surface area contributed by atoms with Crippen molar-refractivity contribution in [1.29, 1.82) is 0 Å². The maximum absolute atomic E-state index is 13.1. The van der Waals surface area contributed by atoms with Crippen molar-refractivity contribution >= 4 is 52.0 Å². The molecule has 1 amide bonds. The number of methoxy groups -OCH3 is 1. The average molecular weight is 579 g/mol. The average Bonchev–Trinajstić information content (AvgIpc) is 2.83. The molecule has 0 atom stereocenters. The third-order valence-corrected chi connectivity index (χ3v) is 7.95. The first-order valence-corrected chi connectivity index (χ1v) is 15.6. The van der Waals surface area contributed by atoms with Crippen molar-refractivity contribution in [3.63, 3.8) is 0 Å². The number of likely N-dealkylation sites (N-methyl/N-ethyl adjacent to an activating group) is 1. The summed E-state index contributed by atoms with van der Waals surface area (Å²) in [7, 11) is -4.77. The number of amides is 1. The quantitative estimate of drug-likeness (QED) is 0.252. The standard InChI is InChI=1S/C24H28FN6O6PS/c1-31-8-7-14-10-20(36-2)19(9-15(14)13-31)29-24-27-12-17(22(26)32)23(30-24)28-18-6-5-16(37-39(25,34)35)11-21(18)38(3,4)33/h5-6,9-12H,7-8,13H2,1-4H3,(H2,26,32)(H2,27,28,29,30). The van der Waals surface area contributed by atoms with Crippen LogP contribution in [0.1, 0.15) is 21.5 Å². The molecule has 2 heterocycles. The fourth-order valence-corrected chi connectivity index (χ4v) is 5.67. The smallest absolute Gasteiger partial charge is 0.488 e. The van der Waals surface area contributed by atoms with E-state index in [0.29, 0.717) is 11.4 Å². The number of rotatable bonds is 9. The first-order valence-electron chi connectivity index (χ1n) is 11.7. The molecule has 0 spiro atoms. The minimum absolute atomic E-state index is 0.00172. The zero-order valence-corrected chi connectivity index (χ0v) is 23.4. The summed E-state index contributed by atoms with van der Waals surface area (Å²) < 4.78 is 57.8. The molecule has 208 valence electrons. The van der Waals surface area contributed by atoms with Crippen molar-refractivity contribution in [2.75, 3.05) is 44.7 Å². The van der Waals surface area contributed by atoms with Crippen LogP contribution in [0.5, 0.6) is 11.5 Å². The molecule has 0 unspecified atom stereocenters. The molecule has 4 rings (SSSR count). The van der Waals surface area contributed by atoms with Crippen molar-refractivity contribution in [3.05, 3.63) is 53.2 Å². The third kappa shape index (κ3) is 6.83. The lowest BCUT2D eigenvalue weighted by Gasteiger charge is -2.26. The zero-order valence-electron chi connectivity index (χ0n) is 21.7. The minimum Gasteiger partial charge on any atom is -0.495 e. The van der Waals surface area contributed by atoms with Crippen LogP contribution in [0.15, 0.2) is 36.5 Å². The van der Waals surface area contributed by atoms with Crippen molar-refractivity contribution in [2.45, 2.75) is 13.0 Å². The SMILES string of the molecule is COc1cc2c(cc1Nc1ncc(C(N)=O)c(Nc3ccc(OS(=O)(=O)F)cc3P(C)(C)=O)n1)CN(C)CC2. The Balaban J connectivity index is 1.72. The van der Waals surface area contributed by atoms with E-state index in [0.717, 1.165) is 37.2 Å². The second-order valence-corrected chi connectivity index (χ2v) is 13.5. The highest BCUT2D eigenvalue weighted by atomic mass is 32.3. The Morgan fingerprint density at radius 2 is 1.90 bits per heavy atom. The number of primary amides is 1. The van der Waals surface area contributed by atoms with Crippen LogP contribution in [-0.2, 0) is 28.0 Å². The molecular formula is C24H28FN6O6PS. The van der Waals surface area contributed by atoms with Crippen molar-refractivity contribution < 1.29 is 30.6 Å². The van der Waals surface area contributed by atoms with Crippen LogP contribution in [0.4, 0.5) is 27.0 Å². The summed E-state index contributed by atoms with van der Waals surface area (Å²) in [5.41, 5.74) is 8.63. The highest BCUT2D eigenvalue weighted by molar-refractivity contribution is 7.81. The topological polar surface area (TPSA) is 166 Å². The van der Waals surface area contributed by atoms with Gasteiger partial charge in [-0.05, 0) is 68.3 Å². The van der Waals surface area contributed by atoms with Gasteiger partial charge in [-0.15, -0.1) is 0 Å². The van der Waals surface area contributed by atoms with Gasteiger partial charge < -0.3 is 34.8 Å². The Morgan fingerprint density at radius 3 is 2.54 bits per heavy atom. The van der Waals surface area contributed by atoms with Crippen molar-refractivity contribution in [3.8, 4) is 11.5 Å². The highest BCUT2D eigenvalue weighted by Gasteiger charge is 2.23. The van der Waals surface area contributed by atoms with E-state index in [4.69, 9.17) is 10.5 Å². The second-order valence-electron chi connectivity index (χ2n) is 9.39. The molecule has 0 saturated heterocycles. The number of ether oxygens (including phenoxy) is 1. The van der Waals surface area contributed by atoms with E-state index in [1.54, 1.807) is 7.11 Å².